The second-order valence-electron chi connectivity index (χ2n) is 6.85. The highest BCUT2D eigenvalue weighted by atomic mass is 127. The molecule has 0 amide bonds. The van der Waals surface area contributed by atoms with Crippen LogP contribution in [0.15, 0.2) is 22.5 Å². The number of piperazine rings is 1. The van der Waals surface area contributed by atoms with E-state index in [0.29, 0.717) is 6.10 Å². The molecule has 2 aliphatic rings. The number of ether oxygens (including phenoxy) is 2. The van der Waals surface area contributed by atoms with Crippen LogP contribution in [0.2, 0.25) is 0 Å². The summed E-state index contributed by atoms with van der Waals surface area (Å²) < 4.78 is 11.3. The minimum atomic E-state index is 0. The van der Waals surface area contributed by atoms with E-state index in [-0.39, 0.29) is 24.0 Å². The highest BCUT2D eigenvalue weighted by Crippen LogP contribution is 2.14. The summed E-state index contributed by atoms with van der Waals surface area (Å²) in [7, 11) is 1.87. The third-order valence-electron chi connectivity index (χ3n) is 4.97. The van der Waals surface area contributed by atoms with Crippen LogP contribution in [0.1, 0.15) is 24.1 Å². The zero-order valence-corrected chi connectivity index (χ0v) is 19.4. The van der Waals surface area contributed by atoms with Gasteiger partial charge >= 0.3 is 0 Å². The molecule has 3 heterocycles. The molecule has 2 saturated heterocycles. The van der Waals surface area contributed by atoms with Gasteiger partial charge in [0.1, 0.15) is 0 Å². The Balaban J connectivity index is 0.00000261. The second-order valence-corrected chi connectivity index (χ2v) is 7.88. The molecule has 1 aromatic rings. The number of rotatable bonds is 7. The van der Waals surface area contributed by atoms with E-state index in [0.717, 1.165) is 84.3 Å². The first kappa shape index (κ1) is 22.9. The third-order valence-corrected chi connectivity index (χ3v) is 5.83. The zero-order chi connectivity index (χ0) is 18.0. The van der Waals surface area contributed by atoms with Crippen LogP contribution in [0.5, 0.6) is 0 Å². The maximum atomic E-state index is 5.93. The first-order chi connectivity index (χ1) is 12.8. The van der Waals surface area contributed by atoms with Crippen LogP contribution >= 0.6 is 35.3 Å². The Morgan fingerprint density at radius 3 is 2.74 bits per heavy atom. The Morgan fingerprint density at radius 1 is 1.30 bits per heavy atom. The fourth-order valence-corrected chi connectivity index (χ4v) is 4.18. The lowest BCUT2D eigenvalue weighted by Crippen LogP contribution is -2.52. The van der Waals surface area contributed by atoms with Crippen molar-refractivity contribution in [2.75, 3.05) is 59.6 Å². The minimum absolute atomic E-state index is 0. The molecule has 2 fully saturated rings. The van der Waals surface area contributed by atoms with E-state index in [4.69, 9.17) is 9.47 Å². The number of guanidine groups is 1. The monoisotopic (exact) mass is 508 g/mol. The molecule has 0 unspecified atom stereocenters. The Morgan fingerprint density at radius 2 is 2.07 bits per heavy atom. The predicted molar refractivity (Wildman–Crippen MR) is 122 cm³/mol. The molecule has 3 rings (SSSR count). The first-order valence-corrected chi connectivity index (χ1v) is 10.6. The summed E-state index contributed by atoms with van der Waals surface area (Å²) in [5, 5.41) is 5.65. The molecule has 0 saturated carbocycles. The maximum Gasteiger partial charge on any atom is 0.193 e. The van der Waals surface area contributed by atoms with Crippen LogP contribution in [0, 0.1) is 0 Å². The van der Waals surface area contributed by atoms with Gasteiger partial charge in [0.15, 0.2) is 5.96 Å². The van der Waals surface area contributed by atoms with Gasteiger partial charge in [0, 0.05) is 71.0 Å². The molecule has 6 nitrogen and oxygen atoms in total. The van der Waals surface area contributed by atoms with Crippen molar-refractivity contribution in [2.24, 2.45) is 4.99 Å². The first-order valence-electron chi connectivity index (χ1n) is 9.75. The van der Waals surface area contributed by atoms with Gasteiger partial charge in [0.05, 0.1) is 6.10 Å². The van der Waals surface area contributed by atoms with Gasteiger partial charge in [-0.25, -0.2) is 0 Å². The molecule has 1 aromatic heterocycles. The molecular weight excluding hydrogens is 475 g/mol. The van der Waals surface area contributed by atoms with Crippen molar-refractivity contribution < 1.29 is 9.47 Å². The van der Waals surface area contributed by atoms with E-state index in [2.05, 4.69) is 37.6 Å². The van der Waals surface area contributed by atoms with Crippen LogP contribution in [0.25, 0.3) is 0 Å². The molecule has 27 heavy (non-hydrogen) atoms. The van der Waals surface area contributed by atoms with Crippen molar-refractivity contribution in [3.05, 3.63) is 22.4 Å². The highest BCUT2D eigenvalue weighted by molar-refractivity contribution is 14.0. The standard InChI is InChI=1S/C19H32N4O2S.HI/c1-20-19(21-7-3-12-25-17-5-13-24-14-6-17)23-10-8-22(9-11-23)16-18-4-2-15-26-18;/h2,4,15,17H,3,5-14,16H2,1H3,(H,20,21);1H. The quantitative estimate of drug-likeness (QED) is 0.266. The van der Waals surface area contributed by atoms with Crippen LogP contribution < -0.4 is 5.32 Å². The Hall–Kier alpha value is -0.420. The van der Waals surface area contributed by atoms with E-state index in [1.165, 1.54) is 4.88 Å². The molecule has 154 valence electrons. The molecule has 1 N–H and O–H groups in total. The van der Waals surface area contributed by atoms with Crippen LogP contribution in [-0.2, 0) is 16.0 Å². The van der Waals surface area contributed by atoms with Crippen molar-refractivity contribution in [1.82, 2.24) is 15.1 Å². The number of hydrogen-bond donors (Lipinski definition) is 1. The van der Waals surface area contributed by atoms with Crippen molar-refractivity contribution >= 4 is 41.3 Å². The lowest BCUT2D eigenvalue weighted by molar-refractivity contribution is -0.0320. The fraction of sp³-hybridized carbons (Fsp3) is 0.737. The average molecular weight is 508 g/mol. The Labute approximate surface area is 184 Å². The lowest BCUT2D eigenvalue weighted by Gasteiger charge is -2.36. The molecule has 2 aliphatic heterocycles. The molecule has 0 radical (unpaired) electrons. The zero-order valence-electron chi connectivity index (χ0n) is 16.3. The molecule has 8 heteroatoms. The minimum Gasteiger partial charge on any atom is -0.381 e. The largest absolute Gasteiger partial charge is 0.381 e. The van der Waals surface area contributed by atoms with Gasteiger partial charge in [-0.05, 0) is 30.7 Å². The number of thiophene rings is 1. The van der Waals surface area contributed by atoms with Gasteiger partial charge in [0.25, 0.3) is 0 Å². The van der Waals surface area contributed by atoms with E-state index in [1.54, 1.807) is 0 Å². The average Bonchev–Trinajstić information content (AvgIpc) is 3.19. The molecule has 0 atom stereocenters. The number of aliphatic imine (C=N–C) groups is 1. The van der Waals surface area contributed by atoms with Gasteiger partial charge in [0.2, 0.25) is 0 Å². The van der Waals surface area contributed by atoms with Gasteiger partial charge in [-0.1, -0.05) is 6.07 Å². The number of nitrogens with zero attached hydrogens (tertiary/aromatic N) is 3. The van der Waals surface area contributed by atoms with Crippen molar-refractivity contribution in [1.29, 1.82) is 0 Å². The molecule has 0 aliphatic carbocycles. The summed E-state index contributed by atoms with van der Waals surface area (Å²) in [5.41, 5.74) is 0. The van der Waals surface area contributed by atoms with E-state index in [9.17, 15) is 0 Å². The number of nitrogens with one attached hydrogen (secondary N) is 1. The van der Waals surface area contributed by atoms with E-state index >= 15 is 0 Å². The predicted octanol–water partition coefficient (Wildman–Crippen LogP) is 2.64. The summed E-state index contributed by atoms with van der Waals surface area (Å²) in [4.78, 5) is 10.8. The second kappa shape index (κ2) is 12.9. The third kappa shape index (κ3) is 7.84. The SMILES string of the molecule is CN=C(NCCCOC1CCOCC1)N1CCN(Cc2cccs2)CC1.I. The van der Waals surface area contributed by atoms with Gasteiger partial charge in [-0.3, -0.25) is 9.89 Å². The summed E-state index contributed by atoms with van der Waals surface area (Å²) >= 11 is 1.84. The van der Waals surface area contributed by atoms with E-state index < -0.39 is 0 Å². The van der Waals surface area contributed by atoms with Gasteiger partial charge in [-0.15, -0.1) is 35.3 Å². The van der Waals surface area contributed by atoms with E-state index in [1.807, 2.05) is 18.4 Å². The van der Waals surface area contributed by atoms with Crippen LogP contribution in [0.3, 0.4) is 0 Å². The topological polar surface area (TPSA) is 49.3 Å². The normalized spacial score (nSPS) is 19.7. The number of hydrogen-bond acceptors (Lipinski definition) is 5. The fourth-order valence-electron chi connectivity index (χ4n) is 3.44. The summed E-state index contributed by atoms with van der Waals surface area (Å²) in [5.74, 6) is 1.02. The molecule has 0 aromatic carbocycles. The summed E-state index contributed by atoms with van der Waals surface area (Å²) in [6, 6.07) is 4.35. The van der Waals surface area contributed by atoms with Crippen molar-refractivity contribution in [3.8, 4) is 0 Å². The highest BCUT2D eigenvalue weighted by Gasteiger charge is 2.19. The van der Waals surface area contributed by atoms with Gasteiger partial charge < -0.3 is 19.7 Å². The Bertz CT molecular complexity index is 530. The summed E-state index contributed by atoms with van der Waals surface area (Å²) in [6.45, 7) is 8.71. The van der Waals surface area contributed by atoms with Crippen molar-refractivity contribution in [2.45, 2.75) is 31.9 Å². The molecule has 0 bridgehead atoms. The number of halogens is 1. The lowest BCUT2D eigenvalue weighted by atomic mass is 10.1. The molecular formula is C19H33IN4O2S. The van der Waals surface area contributed by atoms with Crippen LogP contribution in [0.4, 0.5) is 0 Å². The van der Waals surface area contributed by atoms with Crippen LogP contribution in [-0.4, -0.2) is 81.5 Å². The summed E-state index contributed by atoms with van der Waals surface area (Å²) in [6.07, 6.45) is 3.46. The van der Waals surface area contributed by atoms with Crippen molar-refractivity contribution in [3.63, 3.8) is 0 Å². The maximum absolute atomic E-state index is 5.93. The van der Waals surface area contributed by atoms with Gasteiger partial charge in [-0.2, -0.15) is 0 Å². The molecule has 0 spiro atoms. The smallest absolute Gasteiger partial charge is 0.193 e. The Kier molecular flexibility index (Phi) is 10.9.